The molecule has 0 radical (unpaired) electrons. The van der Waals surface area contributed by atoms with Crippen molar-refractivity contribution in [2.24, 2.45) is 11.7 Å². The summed E-state index contributed by atoms with van der Waals surface area (Å²) in [7, 11) is 0. The lowest BCUT2D eigenvalue weighted by Crippen LogP contribution is -2.31. The second kappa shape index (κ2) is 8.46. The van der Waals surface area contributed by atoms with Gasteiger partial charge in [-0.15, -0.1) is 0 Å². The number of rotatable bonds is 4. The molecule has 0 unspecified atom stereocenters. The number of hydrogen-bond acceptors (Lipinski definition) is 4. The van der Waals surface area contributed by atoms with Crippen LogP contribution in [0.4, 0.5) is 0 Å². The zero-order valence-corrected chi connectivity index (χ0v) is 8.30. The topological polar surface area (TPSA) is 121 Å². The van der Waals surface area contributed by atoms with Gasteiger partial charge in [-0.1, -0.05) is 13.8 Å². The van der Waals surface area contributed by atoms with Crippen LogP contribution in [0.2, 0.25) is 0 Å². The van der Waals surface area contributed by atoms with Crippen LogP contribution in [0.5, 0.6) is 0 Å². The van der Waals surface area contributed by atoms with E-state index in [-0.39, 0.29) is 0 Å². The van der Waals surface area contributed by atoms with E-state index in [9.17, 15) is 4.79 Å². The summed E-state index contributed by atoms with van der Waals surface area (Å²) in [5.74, 6) is -1.75. The summed E-state index contributed by atoms with van der Waals surface area (Å²) in [5, 5.41) is 23.3. The predicted molar refractivity (Wildman–Crippen MR) is 49.8 cm³/mol. The van der Waals surface area contributed by atoms with Gasteiger partial charge >= 0.3 is 11.9 Å². The Bertz CT molecular complexity index is 181. The average molecular weight is 207 g/mol. The highest BCUT2D eigenvalue weighted by atomic mass is 16.4. The van der Waals surface area contributed by atoms with Gasteiger partial charge in [0.05, 0.1) is 0 Å². The van der Waals surface area contributed by atoms with E-state index in [0.29, 0.717) is 12.3 Å². The number of aliphatic carboxylic acids is 2. The molecule has 1 atom stereocenters. The van der Waals surface area contributed by atoms with Crippen LogP contribution < -0.4 is 5.73 Å². The zero-order chi connectivity index (χ0) is 11.7. The normalized spacial score (nSPS) is 11.5. The van der Waals surface area contributed by atoms with Crippen molar-refractivity contribution in [1.29, 1.82) is 0 Å². The lowest BCUT2D eigenvalue weighted by atomic mass is 10.1. The average Bonchev–Trinajstić information content (AvgIpc) is 2.04. The van der Waals surface area contributed by atoms with Crippen molar-refractivity contribution in [3.8, 4) is 0 Å². The molecule has 14 heavy (non-hydrogen) atoms. The maximum Gasteiger partial charge on any atom is 0.329 e. The van der Waals surface area contributed by atoms with E-state index in [4.69, 9.17) is 25.8 Å². The van der Waals surface area contributed by atoms with Crippen LogP contribution in [0.15, 0.2) is 0 Å². The summed E-state index contributed by atoms with van der Waals surface area (Å²) < 4.78 is 0. The van der Waals surface area contributed by atoms with Gasteiger partial charge in [-0.3, -0.25) is 4.79 Å². The first-order valence-electron chi connectivity index (χ1n) is 4.12. The minimum atomic E-state index is -1.19. The molecule has 6 nitrogen and oxygen atoms in total. The van der Waals surface area contributed by atoms with Gasteiger partial charge in [0.25, 0.3) is 0 Å². The monoisotopic (exact) mass is 207 g/mol. The van der Waals surface area contributed by atoms with Crippen molar-refractivity contribution >= 4 is 11.9 Å². The van der Waals surface area contributed by atoms with Gasteiger partial charge in [0.2, 0.25) is 0 Å². The molecule has 0 fully saturated rings. The molecule has 0 saturated carbocycles. The van der Waals surface area contributed by atoms with Crippen molar-refractivity contribution in [2.45, 2.75) is 26.3 Å². The Morgan fingerprint density at radius 2 is 1.64 bits per heavy atom. The van der Waals surface area contributed by atoms with Gasteiger partial charge in [0.15, 0.2) is 0 Å². The van der Waals surface area contributed by atoms with E-state index in [1.165, 1.54) is 0 Å². The number of aliphatic hydroxyl groups excluding tert-OH is 1. The second-order valence-electron chi connectivity index (χ2n) is 3.13. The number of hydrogen-bond donors (Lipinski definition) is 4. The first-order chi connectivity index (χ1) is 6.31. The summed E-state index contributed by atoms with van der Waals surface area (Å²) in [6.07, 6.45) is 0.551. The van der Waals surface area contributed by atoms with E-state index >= 15 is 0 Å². The van der Waals surface area contributed by atoms with E-state index in [0.717, 1.165) is 0 Å². The number of nitrogens with two attached hydrogens (primary N) is 1. The summed E-state index contributed by atoms with van der Waals surface area (Å²) in [5.41, 5.74) is 5.22. The molecule has 0 amide bonds. The highest BCUT2D eigenvalue weighted by molar-refractivity contribution is 5.72. The standard InChI is InChI=1S/C6H13NO2.C2H4O3/c1-4(2)3-5(7)6(8)9;3-1-2(4)5/h4-5H,3,7H2,1-2H3,(H,8,9);3H,1H2,(H,4,5)/t5-;/m0./s1. The SMILES string of the molecule is CC(C)C[C@H](N)C(=O)O.O=C(O)CO. The van der Waals surface area contributed by atoms with E-state index in [1.807, 2.05) is 13.8 Å². The van der Waals surface area contributed by atoms with Gasteiger partial charge in [-0.25, -0.2) is 4.79 Å². The lowest BCUT2D eigenvalue weighted by Gasteiger charge is -2.07. The predicted octanol–water partition coefficient (Wildman–Crippen LogP) is -0.492. The molecule has 0 aromatic rings. The highest BCUT2D eigenvalue weighted by Crippen LogP contribution is 2.01. The Morgan fingerprint density at radius 3 is 1.71 bits per heavy atom. The van der Waals surface area contributed by atoms with E-state index in [1.54, 1.807) is 0 Å². The van der Waals surface area contributed by atoms with Crippen LogP contribution in [-0.4, -0.2) is 39.9 Å². The van der Waals surface area contributed by atoms with E-state index in [2.05, 4.69) is 0 Å². The Morgan fingerprint density at radius 1 is 1.29 bits per heavy atom. The fourth-order valence-electron chi connectivity index (χ4n) is 0.609. The first kappa shape index (κ1) is 15.3. The fraction of sp³-hybridized carbons (Fsp3) is 0.750. The van der Waals surface area contributed by atoms with Crippen molar-refractivity contribution in [1.82, 2.24) is 0 Å². The Labute approximate surface area is 82.3 Å². The lowest BCUT2D eigenvalue weighted by molar-refractivity contribution is -0.140. The van der Waals surface area contributed by atoms with Crippen LogP contribution in [-0.2, 0) is 9.59 Å². The summed E-state index contributed by atoms with van der Waals surface area (Å²) in [6, 6.07) is -0.690. The van der Waals surface area contributed by atoms with Crippen LogP contribution in [0.3, 0.4) is 0 Å². The third kappa shape index (κ3) is 13.4. The molecule has 0 saturated heterocycles. The minimum absolute atomic E-state index is 0.357. The van der Waals surface area contributed by atoms with Crippen LogP contribution >= 0.6 is 0 Å². The van der Waals surface area contributed by atoms with Crippen molar-refractivity contribution < 1.29 is 24.9 Å². The number of carboxylic acids is 2. The quantitative estimate of drug-likeness (QED) is 0.493. The van der Waals surface area contributed by atoms with Crippen LogP contribution in [0.1, 0.15) is 20.3 Å². The van der Waals surface area contributed by atoms with Crippen molar-refractivity contribution in [2.75, 3.05) is 6.61 Å². The largest absolute Gasteiger partial charge is 0.480 e. The van der Waals surface area contributed by atoms with Crippen molar-refractivity contribution in [3.63, 3.8) is 0 Å². The molecule has 0 rings (SSSR count). The molecule has 0 aromatic carbocycles. The molecule has 0 heterocycles. The van der Waals surface area contributed by atoms with E-state index < -0.39 is 24.6 Å². The molecule has 0 aliphatic heterocycles. The fourth-order valence-corrected chi connectivity index (χ4v) is 0.609. The number of aliphatic hydroxyl groups is 1. The molecule has 6 heteroatoms. The third-order valence-electron chi connectivity index (χ3n) is 1.18. The molecule has 0 aliphatic carbocycles. The molecule has 0 aliphatic rings. The van der Waals surface area contributed by atoms with Gasteiger partial charge in [-0.2, -0.15) is 0 Å². The maximum atomic E-state index is 10.1. The molecular weight excluding hydrogens is 190 g/mol. The minimum Gasteiger partial charge on any atom is -0.480 e. The molecule has 5 N–H and O–H groups in total. The Hall–Kier alpha value is -1.14. The first-order valence-corrected chi connectivity index (χ1v) is 4.12. The maximum absolute atomic E-state index is 10.1. The zero-order valence-electron chi connectivity index (χ0n) is 8.30. The Balaban J connectivity index is 0. The van der Waals surface area contributed by atoms with Crippen molar-refractivity contribution in [3.05, 3.63) is 0 Å². The summed E-state index contributed by atoms with van der Waals surface area (Å²) in [6.45, 7) is 3.12. The van der Waals surface area contributed by atoms with Crippen LogP contribution in [0.25, 0.3) is 0 Å². The molecule has 0 spiro atoms. The smallest absolute Gasteiger partial charge is 0.329 e. The molecule has 0 aromatic heterocycles. The molecule has 84 valence electrons. The van der Waals surface area contributed by atoms with Gasteiger partial charge < -0.3 is 21.1 Å². The van der Waals surface area contributed by atoms with Gasteiger partial charge in [-0.05, 0) is 12.3 Å². The molecule has 0 bridgehead atoms. The van der Waals surface area contributed by atoms with Gasteiger partial charge in [0.1, 0.15) is 12.6 Å². The second-order valence-corrected chi connectivity index (χ2v) is 3.13. The highest BCUT2D eigenvalue weighted by Gasteiger charge is 2.11. The molecular formula is C8H17NO5. The summed E-state index contributed by atoms with van der Waals surface area (Å²) in [4.78, 5) is 19.2. The number of carbonyl (C=O) groups is 2. The summed E-state index contributed by atoms with van der Waals surface area (Å²) >= 11 is 0. The number of carboxylic acid groups (broad SMARTS) is 2. The Kier molecular flexibility index (Phi) is 9.27. The van der Waals surface area contributed by atoms with Gasteiger partial charge in [0, 0.05) is 0 Å². The van der Waals surface area contributed by atoms with Crippen LogP contribution in [0, 0.1) is 5.92 Å². The third-order valence-corrected chi connectivity index (χ3v) is 1.18.